The van der Waals surface area contributed by atoms with Crippen LogP contribution >= 0.6 is 0 Å². The molecule has 3 atom stereocenters. The molecule has 170 valence electrons. The summed E-state index contributed by atoms with van der Waals surface area (Å²) >= 11 is 0. The first-order valence-corrected chi connectivity index (χ1v) is 11.4. The van der Waals surface area contributed by atoms with E-state index >= 15 is 0 Å². The van der Waals surface area contributed by atoms with Crippen LogP contribution in [0.3, 0.4) is 0 Å². The highest BCUT2D eigenvalue weighted by Gasteiger charge is 2.28. The van der Waals surface area contributed by atoms with E-state index in [0.717, 1.165) is 58.0 Å². The first-order valence-electron chi connectivity index (χ1n) is 11.4. The van der Waals surface area contributed by atoms with Gasteiger partial charge in [0, 0.05) is 25.2 Å². The van der Waals surface area contributed by atoms with Crippen molar-refractivity contribution in [3.05, 3.63) is 33.9 Å². The molecule has 2 fully saturated rings. The summed E-state index contributed by atoms with van der Waals surface area (Å²) in [7, 11) is 0. The third-order valence-corrected chi connectivity index (χ3v) is 6.74. The van der Waals surface area contributed by atoms with E-state index in [2.05, 4.69) is 19.2 Å². The van der Waals surface area contributed by atoms with Crippen LogP contribution in [-0.4, -0.2) is 42.5 Å². The molecule has 8 heteroatoms. The number of esters is 1. The van der Waals surface area contributed by atoms with Crippen LogP contribution in [0.5, 0.6) is 0 Å². The Bertz CT molecular complexity index is 804. The van der Waals surface area contributed by atoms with E-state index in [-0.39, 0.29) is 23.2 Å². The first kappa shape index (κ1) is 23.0. The van der Waals surface area contributed by atoms with E-state index in [1.54, 1.807) is 12.1 Å². The summed E-state index contributed by atoms with van der Waals surface area (Å²) in [6.45, 7) is 5.46. The Morgan fingerprint density at radius 2 is 1.84 bits per heavy atom. The van der Waals surface area contributed by atoms with Gasteiger partial charge in [-0.25, -0.2) is 4.79 Å². The van der Waals surface area contributed by atoms with Crippen LogP contribution < -0.4 is 10.2 Å². The molecule has 1 aliphatic heterocycles. The highest BCUT2D eigenvalue weighted by molar-refractivity contribution is 5.93. The molecule has 31 heavy (non-hydrogen) atoms. The van der Waals surface area contributed by atoms with Gasteiger partial charge in [0.25, 0.3) is 11.6 Å². The Morgan fingerprint density at radius 3 is 2.52 bits per heavy atom. The van der Waals surface area contributed by atoms with Crippen LogP contribution in [0, 0.1) is 22.0 Å². The van der Waals surface area contributed by atoms with Gasteiger partial charge in [-0.05, 0) is 43.2 Å². The third-order valence-electron chi connectivity index (χ3n) is 6.74. The molecule has 1 aromatic carbocycles. The average molecular weight is 432 g/mol. The molecule has 1 amide bonds. The minimum Gasteiger partial charge on any atom is -0.452 e. The van der Waals surface area contributed by atoms with E-state index < -0.39 is 17.5 Å². The lowest BCUT2D eigenvalue weighted by Crippen LogP contribution is -2.45. The summed E-state index contributed by atoms with van der Waals surface area (Å²) in [6, 6.07) is 4.50. The van der Waals surface area contributed by atoms with Crippen LogP contribution in [0.15, 0.2) is 18.2 Å². The van der Waals surface area contributed by atoms with Crippen molar-refractivity contribution in [3.63, 3.8) is 0 Å². The fourth-order valence-corrected chi connectivity index (χ4v) is 4.62. The molecule has 0 bridgehead atoms. The summed E-state index contributed by atoms with van der Waals surface area (Å²) in [5, 5.41) is 14.6. The van der Waals surface area contributed by atoms with Crippen molar-refractivity contribution in [2.24, 2.45) is 11.8 Å². The minimum atomic E-state index is -0.731. The molecule has 0 radical (unpaired) electrons. The van der Waals surface area contributed by atoms with Gasteiger partial charge in [0.1, 0.15) is 5.69 Å². The highest BCUT2D eigenvalue weighted by Crippen LogP contribution is 2.31. The molecule has 0 aromatic heterocycles. The quantitative estimate of drug-likeness (QED) is 0.414. The fraction of sp³-hybridized carbons (Fsp3) is 0.652. The van der Waals surface area contributed by atoms with Crippen molar-refractivity contribution in [1.29, 1.82) is 0 Å². The molecule has 3 rings (SSSR count). The normalized spacial score (nSPS) is 24.2. The Balaban J connectivity index is 1.61. The Morgan fingerprint density at radius 1 is 1.13 bits per heavy atom. The maximum absolute atomic E-state index is 12.4. The topological polar surface area (TPSA) is 102 Å². The van der Waals surface area contributed by atoms with Crippen molar-refractivity contribution >= 4 is 23.3 Å². The van der Waals surface area contributed by atoms with E-state index in [1.165, 1.54) is 6.07 Å². The van der Waals surface area contributed by atoms with Crippen LogP contribution in [0.4, 0.5) is 11.4 Å². The maximum Gasteiger partial charge on any atom is 0.338 e. The predicted molar refractivity (Wildman–Crippen MR) is 118 cm³/mol. The Kier molecular flexibility index (Phi) is 7.87. The number of anilines is 1. The van der Waals surface area contributed by atoms with Crippen molar-refractivity contribution in [1.82, 2.24) is 5.32 Å². The van der Waals surface area contributed by atoms with Gasteiger partial charge in [-0.3, -0.25) is 14.9 Å². The fourth-order valence-electron chi connectivity index (χ4n) is 4.62. The second kappa shape index (κ2) is 10.6. The number of nitrogens with zero attached hydrogens (tertiary/aromatic N) is 2. The summed E-state index contributed by atoms with van der Waals surface area (Å²) in [5.41, 5.74) is 0.505. The molecule has 0 spiro atoms. The van der Waals surface area contributed by atoms with Gasteiger partial charge in [0.05, 0.1) is 10.5 Å². The zero-order valence-electron chi connectivity index (χ0n) is 18.5. The zero-order chi connectivity index (χ0) is 22.4. The number of ether oxygens (including phenoxy) is 1. The zero-order valence-corrected chi connectivity index (χ0v) is 18.5. The summed E-state index contributed by atoms with van der Waals surface area (Å²) < 4.78 is 5.15. The molecule has 1 saturated heterocycles. The number of nitro groups is 1. The van der Waals surface area contributed by atoms with Crippen molar-refractivity contribution in [3.8, 4) is 0 Å². The van der Waals surface area contributed by atoms with Gasteiger partial charge in [-0.15, -0.1) is 0 Å². The van der Waals surface area contributed by atoms with Gasteiger partial charge in [-0.2, -0.15) is 0 Å². The van der Waals surface area contributed by atoms with Crippen LogP contribution in [0.2, 0.25) is 0 Å². The molecular formula is C23H33N3O5. The second-order valence-electron chi connectivity index (χ2n) is 8.88. The number of rotatable bonds is 6. The van der Waals surface area contributed by atoms with Crippen LogP contribution in [-0.2, 0) is 9.53 Å². The number of hydrogen-bond donors (Lipinski definition) is 1. The van der Waals surface area contributed by atoms with Crippen LogP contribution in [0.25, 0.3) is 0 Å². The highest BCUT2D eigenvalue weighted by atomic mass is 16.6. The van der Waals surface area contributed by atoms with Crippen molar-refractivity contribution < 1.29 is 19.2 Å². The standard InChI is InChI=1S/C23H33N3O5/c1-16-8-7-9-19(17(16)2)24-22(27)15-31-23(28)18-10-11-20(21(14-18)26(29)30)25-12-5-3-4-6-13-25/h10-11,14,16-17,19H,3-9,12-13,15H2,1-2H3,(H,24,27)/t16-,17-,19+/m1/s1. The molecular weight excluding hydrogens is 398 g/mol. The Labute approximate surface area is 183 Å². The number of hydrogen-bond acceptors (Lipinski definition) is 6. The smallest absolute Gasteiger partial charge is 0.338 e. The lowest BCUT2D eigenvalue weighted by Gasteiger charge is -2.34. The van der Waals surface area contributed by atoms with E-state index in [1.807, 2.05) is 4.90 Å². The molecule has 8 nitrogen and oxygen atoms in total. The largest absolute Gasteiger partial charge is 0.452 e. The average Bonchev–Trinajstić information content (AvgIpc) is 3.04. The van der Waals surface area contributed by atoms with E-state index in [9.17, 15) is 19.7 Å². The van der Waals surface area contributed by atoms with Crippen molar-refractivity contribution in [2.45, 2.75) is 64.8 Å². The molecule has 0 unspecified atom stereocenters. The van der Waals surface area contributed by atoms with E-state index in [4.69, 9.17) is 4.74 Å². The summed E-state index contributed by atoms with van der Waals surface area (Å²) in [4.78, 5) is 37.9. The van der Waals surface area contributed by atoms with Gasteiger partial charge in [0.15, 0.2) is 6.61 Å². The lowest BCUT2D eigenvalue weighted by molar-refractivity contribution is -0.384. The summed E-state index contributed by atoms with van der Waals surface area (Å²) in [6.07, 6.45) is 7.39. The monoisotopic (exact) mass is 431 g/mol. The molecule has 1 N–H and O–H groups in total. The first-order chi connectivity index (χ1) is 14.9. The molecule has 2 aliphatic rings. The molecule has 1 aliphatic carbocycles. The predicted octanol–water partition coefficient (Wildman–Crippen LogP) is 4.07. The number of nitrogens with one attached hydrogen (secondary N) is 1. The molecule has 1 aromatic rings. The number of amides is 1. The maximum atomic E-state index is 12.4. The van der Waals surface area contributed by atoms with Gasteiger partial charge in [0.2, 0.25) is 0 Å². The number of carbonyl (C=O) groups is 2. The molecule has 1 saturated carbocycles. The minimum absolute atomic E-state index is 0.0812. The van der Waals surface area contributed by atoms with Gasteiger partial charge >= 0.3 is 5.97 Å². The SMILES string of the molecule is C[C@@H]1[C@H](C)CCC[C@@H]1NC(=O)COC(=O)c1ccc(N2CCCCCC2)c([N+](=O)[O-])c1. The second-order valence-corrected chi connectivity index (χ2v) is 8.88. The lowest BCUT2D eigenvalue weighted by atomic mass is 9.78. The summed E-state index contributed by atoms with van der Waals surface area (Å²) in [5.74, 6) is -0.145. The number of benzene rings is 1. The number of carbonyl (C=O) groups excluding carboxylic acids is 2. The Hall–Kier alpha value is -2.64. The van der Waals surface area contributed by atoms with Gasteiger partial charge < -0.3 is 15.0 Å². The van der Waals surface area contributed by atoms with E-state index in [0.29, 0.717) is 17.5 Å². The van der Waals surface area contributed by atoms with Crippen molar-refractivity contribution in [2.75, 3.05) is 24.6 Å². The van der Waals surface area contributed by atoms with Crippen LogP contribution in [0.1, 0.15) is 69.2 Å². The van der Waals surface area contributed by atoms with Gasteiger partial charge in [-0.1, -0.05) is 39.5 Å². The number of nitro benzene ring substituents is 1. The molecule has 1 heterocycles. The third kappa shape index (κ3) is 5.95.